The van der Waals surface area contributed by atoms with E-state index >= 15 is 0 Å². The molecule has 0 saturated heterocycles. The fourth-order valence-corrected chi connectivity index (χ4v) is 6.35. The third-order valence-corrected chi connectivity index (χ3v) is 10.6. The number of amides is 1. The average molecular weight is 785 g/mol. The average Bonchev–Trinajstić information content (AvgIpc) is 3.89. The van der Waals surface area contributed by atoms with Crippen LogP contribution in [0.15, 0.2) is 78.0 Å². The summed E-state index contributed by atoms with van der Waals surface area (Å²) >= 11 is 12.0. The number of aromatic carboxylic acids is 1. The first kappa shape index (κ1) is 37.6. The van der Waals surface area contributed by atoms with Crippen molar-refractivity contribution in [3.8, 4) is 29.1 Å². The SMILES string of the molecule is CC1(COc2ccn(-c3ccc(C(=O)O)c(Cl)n3)n2)CC1.COc1ccccc1S(=O)(=O)NC(=O)c1ccc(-n2ccc(OCC3(C)CC3)n2)nc1Cl. The molecule has 2 aliphatic carbocycles. The minimum Gasteiger partial charge on any atom is -0.495 e. The fraction of sp³-hybridized carbons (Fsp3) is 0.314. The van der Waals surface area contributed by atoms with Gasteiger partial charge in [0.2, 0.25) is 11.8 Å². The van der Waals surface area contributed by atoms with Crippen molar-refractivity contribution >= 4 is 45.1 Å². The number of carbonyl (C=O) groups excluding carboxylic acids is 1. The molecule has 0 atom stereocenters. The van der Waals surface area contributed by atoms with Crippen LogP contribution in [-0.2, 0) is 10.0 Å². The minimum atomic E-state index is -4.18. The number of nitrogens with zero attached hydrogens (tertiary/aromatic N) is 6. The number of aromatic nitrogens is 6. The summed E-state index contributed by atoms with van der Waals surface area (Å²) in [6.45, 7) is 5.58. The Morgan fingerprint density at radius 2 is 1.28 bits per heavy atom. The van der Waals surface area contributed by atoms with Crippen LogP contribution < -0.4 is 18.9 Å². The zero-order chi connectivity index (χ0) is 38.0. The summed E-state index contributed by atoms with van der Waals surface area (Å²) in [6, 6.07) is 15.3. The van der Waals surface area contributed by atoms with E-state index in [1.807, 2.05) is 4.72 Å². The van der Waals surface area contributed by atoms with Crippen molar-refractivity contribution in [3.05, 3.63) is 94.5 Å². The first-order chi connectivity index (χ1) is 25.2. The van der Waals surface area contributed by atoms with Gasteiger partial charge in [-0.1, -0.05) is 49.2 Å². The lowest BCUT2D eigenvalue weighted by molar-refractivity contribution is 0.0696. The molecule has 2 fully saturated rings. The van der Waals surface area contributed by atoms with E-state index in [2.05, 4.69) is 34.0 Å². The maximum absolute atomic E-state index is 12.6. The van der Waals surface area contributed by atoms with Gasteiger partial charge < -0.3 is 19.3 Å². The van der Waals surface area contributed by atoms with Gasteiger partial charge in [0.25, 0.3) is 15.9 Å². The van der Waals surface area contributed by atoms with Gasteiger partial charge in [-0.25, -0.2) is 37.3 Å². The van der Waals surface area contributed by atoms with Gasteiger partial charge in [0.05, 0.1) is 31.5 Å². The molecule has 4 aromatic heterocycles. The lowest BCUT2D eigenvalue weighted by Crippen LogP contribution is -2.31. The summed E-state index contributed by atoms with van der Waals surface area (Å²) in [4.78, 5) is 31.5. The van der Waals surface area contributed by atoms with E-state index in [1.165, 1.54) is 65.7 Å². The molecule has 0 radical (unpaired) electrons. The Hall–Kier alpha value is -5.19. The third-order valence-electron chi connectivity index (χ3n) is 8.67. The summed E-state index contributed by atoms with van der Waals surface area (Å²) in [5, 5.41) is 17.2. The van der Waals surface area contributed by atoms with Crippen LogP contribution in [0.2, 0.25) is 10.3 Å². The number of rotatable bonds is 13. The van der Waals surface area contributed by atoms with Gasteiger partial charge in [0.1, 0.15) is 21.0 Å². The number of benzene rings is 1. The molecule has 0 unspecified atom stereocenters. The van der Waals surface area contributed by atoms with Crippen LogP contribution in [0.4, 0.5) is 0 Å². The summed E-state index contributed by atoms with van der Waals surface area (Å²) in [5.74, 6) is -0.142. The smallest absolute Gasteiger partial charge is 0.338 e. The fourth-order valence-electron chi connectivity index (χ4n) is 4.74. The molecule has 7 rings (SSSR count). The number of carboxylic acid groups (broad SMARTS) is 1. The molecule has 1 amide bonds. The highest BCUT2D eigenvalue weighted by atomic mass is 35.5. The van der Waals surface area contributed by atoms with Gasteiger partial charge in [-0.15, -0.1) is 10.2 Å². The Balaban J connectivity index is 0.000000198. The molecule has 53 heavy (non-hydrogen) atoms. The predicted molar refractivity (Wildman–Crippen MR) is 193 cm³/mol. The Labute approximate surface area is 314 Å². The minimum absolute atomic E-state index is 0.0364. The van der Waals surface area contributed by atoms with Crippen LogP contribution >= 0.6 is 23.2 Å². The second-order valence-electron chi connectivity index (χ2n) is 13.3. The van der Waals surface area contributed by atoms with Crippen molar-refractivity contribution < 1.29 is 37.3 Å². The number of sulfonamides is 1. The lowest BCUT2D eigenvalue weighted by atomic mass is 10.2. The highest BCUT2D eigenvalue weighted by Crippen LogP contribution is 2.45. The van der Waals surface area contributed by atoms with Gasteiger partial charge in [-0.2, -0.15) is 0 Å². The first-order valence-corrected chi connectivity index (χ1v) is 18.6. The molecule has 1 aromatic carbocycles. The third kappa shape index (κ3) is 9.25. The number of hydrogen-bond acceptors (Lipinski definition) is 11. The molecular weight excluding hydrogens is 749 g/mol. The van der Waals surface area contributed by atoms with Crippen LogP contribution in [0.1, 0.15) is 60.2 Å². The molecule has 0 spiro atoms. The molecule has 278 valence electrons. The van der Waals surface area contributed by atoms with Crippen molar-refractivity contribution in [3.63, 3.8) is 0 Å². The Morgan fingerprint density at radius 1 is 0.792 bits per heavy atom. The zero-order valence-corrected chi connectivity index (χ0v) is 31.2. The van der Waals surface area contributed by atoms with Crippen LogP contribution in [-0.4, -0.2) is 75.3 Å². The molecule has 4 heterocycles. The number of halogens is 2. The van der Waals surface area contributed by atoms with Crippen molar-refractivity contribution in [2.75, 3.05) is 20.3 Å². The van der Waals surface area contributed by atoms with Gasteiger partial charge in [-0.05, 0) is 62.1 Å². The quantitative estimate of drug-likeness (QED) is 0.132. The molecule has 18 heteroatoms. The van der Waals surface area contributed by atoms with E-state index in [0.29, 0.717) is 36.6 Å². The summed E-state index contributed by atoms with van der Waals surface area (Å²) in [5.41, 5.74) is 0.378. The van der Waals surface area contributed by atoms with Gasteiger partial charge >= 0.3 is 5.97 Å². The molecule has 2 saturated carbocycles. The topological polar surface area (TPSA) is 190 Å². The number of pyridine rings is 2. The number of hydrogen-bond donors (Lipinski definition) is 2. The molecule has 0 bridgehead atoms. The highest BCUT2D eigenvalue weighted by Gasteiger charge is 2.39. The van der Waals surface area contributed by atoms with Crippen molar-refractivity contribution in [2.45, 2.75) is 44.4 Å². The van der Waals surface area contributed by atoms with E-state index in [4.69, 9.17) is 42.5 Å². The van der Waals surface area contributed by atoms with E-state index in [1.54, 1.807) is 36.7 Å². The van der Waals surface area contributed by atoms with Crippen molar-refractivity contribution in [1.82, 2.24) is 34.3 Å². The van der Waals surface area contributed by atoms with E-state index < -0.39 is 21.9 Å². The number of methoxy groups -OCH3 is 1. The maximum atomic E-state index is 12.6. The van der Waals surface area contributed by atoms with E-state index in [9.17, 15) is 18.0 Å². The summed E-state index contributed by atoms with van der Waals surface area (Å²) in [7, 11) is -2.84. The summed E-state index contributed by atoms with van der Waals surface area (Å²) < 4.78 is 46.6. The molecule has 15 nitrogen and oxygen atoms in total. The Bertz CT molecular complexity index is 2270. The number of carbonyl (C=O) groups is 2. The Kier molecular flexibility index (Phi) is 10.7. The molecule has 0 aliphatic heterocycles. The molecular formula is C35H35Cl2N7O8S. The maximum Gasteiger partial charge on any atom is 0.338 e. The highest BCUT2D eigenvalue weighted by molar-refractivity contribution is 7.90. The van der Waals surface area contributed by atoms with Crippen LogP contribution in [0, 0.1) is 10.8 Å². The molecule has 2 N–H and O–H groups in total. The Morgan fingerprint density at radius 3 is 1.74 bits per heavy atom. The van der Waals surface area contributed by atoms with E-state index in [0.717, 1.165) is 12.8 Å². The number of ether oxygens (including phenoxy) is 3. The van der Waals surface area contributed by atoms with Gasteiger partial charge in [0, 0.05) is 35.4 Å². The second kappa shape index (κ2) is 15.0. The molecule has 5 aromatic rings. The summed E-state index contributed by atoms with van der Waals surface area (Å²) in [6.07, 6.45) is 8.00. The number of nitrogens with one attached hydrogen (secondary N) is 1. The lowest BCUT2D eigenvalue weighted by Gasteiger charge is -2.11. The predicted octanol–water partition coefficient (Wildman–Crippen LogP) is 6.02. The second-order valence-corrected chi connectivity index (χ2v) is 15.7. The zero-order valence-electron chi connectivity index (χ0n) is 28.8. The van der Waals surface area contributed by atoms with E-state index in [-0.39, 0.29) is 42.9 Å². The van der Waals surface area contributed by atoms with Crippen LogP contribution in [0.3, 0.4) is 0 Å². The van der Waals surface area contributed by atoms with Crippen molar-refractivity contribution in [1.29, 1.82) is 0 Å². The van der Waals surface area contributed by atoms with Crippen LogP contribution in [0.5, 0.6) is 17.5 Å². The molecule has 2 aliphatic rings. The van der Waals surface area contributed by atoms with Gasteiger partial charge in [-0.3, -0.25) is 4.79 Å². The van der Waals surface area contributed by atoms with Crippen LogP contribution in [0.25, 0.3) is 11.6 Å². The van der Waals surface area contributed by atoms with Gasteiger partial charge in [0.15, 0.2) is 11.6 Å². The first-order valence-electron chi connectivity index (χ1n) is 16.3. The van der Waals surface area contributed by atoms with Crippen molar-refractivity contribution in [2.24, 2.45) is 10.8 Å². The number of carboxylic acids is 1. The normalized spacial score (nSPS) is 15.0. The monoisotopic (exact) mass is 783 g/mol. The largest absolute Gasteiger partial charge is 0.495 e. The standard InChI is InChI=1S/C21H21ClN4O5S.C14H14ClN3O3/c1-21(10-11-21)13-31-18-9-12-26(24-18)17-8-7-14(19(22)23-17)20(27)25-32(28,29)16-6-4-3-5-15(16)30-2;1-14(5-6-14)8-21-11-4-7-18(17-11)10-3-2-9(13(19)20)12(15)16-10/h3-9,12H,10-11,13H2,1-2H3,(H,25,27);2-4,7H,5-6,8H2,1H3,(H,19,20). The number of para-hydroxylation sites is 1.